The predicted molar refractivity (Wildman–Crippen MR) is 92.6 cm³/mol. The van der Waals surface area contributed by atoms with E-state index in [0.717, 1.165) is 23.3 Å². The van der Waals surface area contributed by atoms with Gasteiger partial charge in [-0.3, -0.25) is 4.84 Å². The Bertz CT molecular complexity index is 913. The van der Waals surface area contributed by atoms with Gasteiger partial charge >= 0.3 is 12.3 Å². The Balaban J connectivity index is 2.21. The third-order valence-electron chi connectivity index (χ3n) is 3.57. The molecular weight excluding hydrogens is 401 g/mol. The van der Waals surface area contributed by atoms with Crippen LogP contribution < -0.4 is 4.74 Å². The first-order chi connectivity index (χ1) is 13.2. The first-order valence-electron chi connectivity index (χ1n) is 7.68. The quantitative estimate of drug-likeness (QED) is 0.632. The van der Waals surface area contributed by atoms with Crippen LogP contribution in [0.2, 0.25) is 5.02 Å². The Morgan fingerprint density at radius 2 is 1.96 bits per heavy atom. The van der Waals surface area contributed by atoms with Crippen molar-refractivity contribution < 1.29 is 32.3 Å². The van der Waals surface area contributed by atoms with Crippen LogP contribution in [0.25, 0.3) is 0 Å². The first-order valence-corrected chi connectivity index (χ1v) is 8.05. The van der Waals surface area contributed by atoms with E-state index in [1.807, 2.05) is 6.07 Å². The minimum absolute atomic E-state index is 0.00133. The number of nitriles is 1. The van der Waals surface area contributed by atoms with Crippen LogP contribution in [-0.2, 0) is 22.4 Å². The summed E-state index contributed by atoms with van der Waals surface area (Å²) in [6.45, 7) is -0.243. The number of halogens is 4. The number of carbonyl (C=O) groups excluding carboxylic acids is 1. The average Bonchev–Trinajstić information content (AvgIpc) is 2.66. The number of ether oxygens (including phenoxy) is 2. The molecule has 0 fully saturated rings. The van der Waals surface area contributed by atoms with Crippen molar-refractivity contribution in [3.05, 3.63) is 58.1 Å². The summed E-state index contributed by atoms with van der Waals surface area (Å²) >= 11 is 5.87. The molecule has 0 bridgehead atoms. The van der Waals surface area contributed by atoms with Gasteiger partial charge in [-0.15, -0.1) is 0 Å². The molecule has 0 saturated heterocycles. The smallest absolute Gasteiger partial charge is 0.433 e. The van der Waals surface area contributed by atoms with Gasteiger partial charge < -0.3 is 9.47 Å². The van der Waals surface area contributed by atoms with Crippen molar-refractivity contribution in [2.24, 2.45) is 0 Å². The second-order valence-electron chi connectivity index (χ2n) is 5.41. The van der Waals surface area contributed by atoms with Crippen molar-refractivity contribution in [2.75, 3.05) is 14.2 Å². The topological polar surface area (TPSA) is 71.8 Å². The van der Waals surface area contributed by atoms with Gasteiger partial charge in [-0.2, -0.15) is 23.5 Å². The van der Waals surface area contributed by atoms with Crippen LogP contribution in [0.1, 0.15) is 16.7 Å². The lowest BCUT2D eigenvalue weighted by Gasteiger charge is -2.15. The van der Waals surface area contributed by atoms with Crippen molar-refractivity contribution in [3.8, 4) is 17.6 Å². The summed E-state index contributed by atoms with van der Waals surface area (Å²) in [4.78, 5) is 16.3. The Morgan fingerprint density at radius 3 is 2.54 bits per heavy atom. The molecule has 0 aromatic heterocycles. The molecular formula is C18H14ClF3N2O4. The van der Waals surface area contributed by atoms with E-state index >= 15 is 0 Å². The average molecular weight is 415 g/mol. The Hall–Kier alpha value is -2.96. The van der Waals surface area contributed by atoms with Gasteiger partial charge in [-0.05, 0) is 36.4 Å². The minimum atomic E-state index is -4.52. The maximum atomic E-state index is 12.7. The summed E-state index contributed by atoms with van der Waals surface area (Å²) in [5, 5.41) is 9.80. The maximum Gasteiger partial charge on any atom is 0.433 e. The van der Waals surface area contributed by atoms with Crippen LogP contribution in [0.4, 0.5) is 18.0 Å². The van der Waals surface area contributed by atoms with Gasteiger partial charge in [0.25, 0.3) is 0 Å². The highest BCUT2D eigenvalue weighted by atomic mass is 35.5. The first kappa shape index (κ1) is 21.3. The van der Waals surface area contributed by atoms with E-state index in [1.165, 1.54) is 32.4 Å². The fraction of sp³-hybridized carbons (Fsp3) is 0.222. The number of hydroxylamine groups is 2. The molecule has 0 aliphatic rings. The third-order valence-corrected chi connectivity index (χ3v) is 3.86. The molecule has 0 radical (unpaired) electrons. The minimum Gasteiger partial charge on any atom is -0.456 e. The van der Waals surface area contributed by atoms with Gasteiger partial charge in [0.2, 0.25) is 0 Å². The van der Waals surface area contributed by atoms with Gasteiger partial charge in [0, 0.05) is 12.6 Å². The normalized spacial score (nSPS) is 10.9. The molecule has 2 aromatic rings. The second kappa shape index (κ2) is 8.82. The Kier molecular flexibility index (Phi) is 6.72. The monoisotopic (exact) mass is 414 g/mol. The number of rotatable bonds is 5. The Labute approximate surface area is 163 Å². The van der Waals surface area contributed by atoms with Crippen molar-refractivity contribution >= 4 is 17.7 Å². The van der Waals surface area contributed by atoms with E-state index in [-0.39, 0.29) is 28.7 Å². The van der Waals surface area contributed by atoms with Crippen molar-refractivity contribution in [3.63, 3.8) is 0 Å². The molecule has 28 heavy (non-hydrogen) atoms. The molecule has 0 spiro atoms. The van der Waals surface area contributed by atoms with E-state index in [0.29, 0.717) is 5.56 Å². The summed E-state index contributed by atoms with van der Waals surface area (Å²) in [6, 6.07) is 8.93. The molecule has 2 aromatic carbocycles. The highest BCUT2D eigenvalue weighted by molar-refractivity contribution is 6.32. The van der Waals surface area contributed by atoms with Crippen LogP contribution in [0, 0.1) is 11.3 Å². The van der Waals surface area contributed by atoms with Gasteiger partial charge in [-0.25, -0.2) is 4.79 Å². The fourth-order valence-corrected chi connectivity index (χ4v) is 2.27. The van der Waals surface area contributed by atoms with Crippen LogP contribution in [0.3, 0.4) is 0 Å². The maximum absolute atomic E-state index is 12.7. The van der Waals surface area contributed by atoms with Crippen molar-refractivity contribution in [2.45, 2.75) is 12.8 Å². The highest BCUT2D eigenvalue weighted by Crippen LogP contribution is 2.36. The summed E-state index contributed by atoms with van der Waals surface area (Å²) < 4.78 is 48.7. The number of hydrogen-bond acceptors (Lipinski definition) is 5. The molecule has 6 nitrogen and oxygen atoms in total. The van der Waals surface area contributed by atoms with E-state index in [2.05, 4.69) is 4.84 Å². The number of nitrogens with zero attached hydrogens (tertiary/aromatic N) is 2. The molecule has 0 aliphatic carbocycles. The molecule has 148 valence electrons. The van der Waals surface area contributed by atoms with Gasteiger partial charge in [0.05, 0.1) is 29.3 Å². The van der Waals surface area contributed by atoms with E-state index in [9.17, 15) is 23.2 Å². The number of benzene rings is 2. The summed E-state index contributed by atoms with van der Waals surface area (Å²) in [5.74, 6) is 0.202. The highest BCUT2D eigenvalue weighted by Gasteiger charge is 2.31. The van der Waals surface area contributed by atoms with E-state index in [1.54, 1.807) is 0 Å². The lowest BCUT2D eigenvalue weighted by Crippen LogP contribution is -2.26. The zero-order chi connectivity index (χ0) is 20.9. The lowest BCUT2D eigenvalue weighted by molar-refractivity contribution is -0.137. The summed E-state index contributed by atoms with van der Waals surface area (Å²) in [7, 11) is 2.63. The molecule has 0 saturated carbocycles. The lowest BCUT2D eigenvalue weighted by atomic mass is 10.1. The standard InChI is InChI=1S/C18H14ClF3N2O4/c1-24(26-2)17(25)27-10-12-7-14(5-3-11(12)9-23)28-16-6-4-13(8-15(16)19)18(20,21)22/h3-8H,10H2,1-2H3. The molecule has 1 amide bonds. The number of carbonyl (C=O) groups is 1. The second-order valence-corrected chi connectivity index (χ2v) is 5.82. The summed E-state index contributed by atoms with van der Waals surface area (Å²) in [6.07, 6.45) is -5.30. The zero-order valence-electron chi connectivity index (χ0n) is 14.7. The van der Waals surface area contributed by atoms with Crippen LogP contribution in [0.5, 0.6) is 11.5 Å². The largest absolute Gasteiger partial charge is 0.456 e. The van der Waals surface area contributed by atoms with E-state index < -0.39 is 17.8 Å². The van der Waals surface area contributed by atoms with E-state index in [4.69, 9.17) is 21.1 Å². The van der Waals surface area contributed by atoms with Gasteiger partial charge in [0.15, 0.2) is 0 Å². The van der Waals surface area contributed by atoms with Crippen molar-refractivity contribution in [1.82, 2.24) is 5.06 Å². The molecule has 10 heteroatoms. The summed E-state index contributed by atoms with van der Waals surface area (Å²) in [5.41, 5.74) is -0.334. The Morgan fingerprint density at radius 1 is 1.25 bits per heavy atom. The van der Waals surface area contributed by atoms with Crippen molar-refractivity contribution in [1.29, 1.82) is 5.26 Å². The molecule has 2 rings (SSSR count). The molecule has 0 atom stereocenters. The molecule has 0 heterocycles. The molecule has 0 N–H and O–H groups in total. The fourth-order valence-electron chi connectivity index (χ4n) is 2.05. The molecule has 0 unspecified atom stereocenters. The predicted octanol–water partition coefficient (Wildman–Crippen LogP) is 5.15. The number of alkyl halides is 3. The van der Waals surface area contributed by atoms with Crippen LogP contribution in [0.15, 0.2) is 36.4 Å². The third kappa shape index (κ3) is 5.28. The zero-order valence-corrected chi connectivity index (χ0v) is 15.5. The van der Waals surface area contributed by atoms with Gasteiger partial charge in [-0.1, -0.05) is 11.6 Å². The number of hydrogen-bond donors (Lipinski definition) is 0. The molecule has 0 aliphatic heterocycles. The van der Waals surface area contributed by atoms with Crippen LogP contribution >= 0.6 is 11.6 Å². The number of amides is 1. The SMILES string of the molecule is CON(C)C(=O)OCc1cc(Oc2ccc(C(F)(F)F)cc2Cl)ccc1C#N. The van der Waals surface area contributed by atoms with Gasteiger partial charge in [0.1, 0.15) is 18.1 Å². The van der Waals surface area contributed by atoms with Crippen LogP contribution in [-0.4, -0.2) is 25.3 Å².